The molecule has 110 valence electrons. The number of rotatable bonds is 6. The van der Waals surface area contributed by atoms with Crippen LogP contribution in [0.3, 0.4) is 0 Å². The molecule has 2 rings (SSSR count). The van der Waals surface area contributed by atoms with Gasteiger partial charge in [-0.25, -0.2) is 4.79 Å². The molecular formula is C15H20BrNO3. The third-order valence-corrected chi connectivity index (χ3v) is 3.66. The summed E-state index contributed by atoms with van der Waals surface area (Å²) in [5, 5.41) is 3.37. The number of hydrogen-bond acceptors (Lipinski definition) is 4. The van der Waals surface area contributed by atoms with Gasteiger partial charge in [-0.15, -0.1) is 0 Å². The first kappa shape index (κ1) is 15.3. The van der Waals surface area contributed by atoms with Gasteiger partial charge in [0.05, 0.1) is 6.61 Å². The van der Waals surface area contributed by atoms with Crippen LogP contribution in [0.2, 0.25) is 0 Å². The molecule has 20 heavy (non-hydrogen) atoms. The van der Waals surface area contributed by atoms with Crippen molar-refractivity contribution in [3.63, 3.8) is 0 Å². The highest BCUT2D eigenvalue weighted by Crippen LogP contribution is 2.30. The first-order valence-electron chi connectivity index (χ1n) is 6.95. The highest BCUT2D eigenvalue weighted by atomic mass is 79.9. The molecule has 1 fully saturated rings. The van der Waals surface area contributed by atoms with Crippen LogP contribution in [-0.2, 0) is 16.1 Å². The Hall–Kier alpha value is -1.07. The summed E-state index contributed by atoms with van der Waals surface area (Å²) in [6.45, 7) is 6.25. The molecule has 1 atom stereocenters. The average Bonchev–Trinajstić information content (AvgIpc) is 2.79. The number of cyclic esters (lactones) is 1. The predicted molar refractivity (Wildman–Crippen MR) is 80.9 cm³/mol. The van der Waals surface area contributed by atoms with Crippen molar-refractivity contribution >= 4 is 21.9 Å². The Morgan fingerprint density at radius 2 is 2.30 bits per heavy atom. The molecule has 0 bridgehead atoms. The number of hydrogen-bond donors (Lipinski definition) is 1. The number of ether oxygens (including phenoxy) is 2. The number of carbonyl (C=O) groups excluding carboxylic acids is 1. The highest BCUT2D eigenvalue weighted by Gasteiger charge is 2.29. The Labute approximate surface area is 128 Å². The van der Waals surface area contributed by atoms with Crippen molar-refractivity contribution in [1.29, 1.82) is 0 Å². The third kappa shape index (κ3) is 3.73. The number of carbonyl (C=O) groups is 1. The highest BCUT2D eigenvalue weighted by molar-refractivity contribution is 9.10. The van der Waals surface area contributed by atoms with Crippen molar-refractivity contribution in [2.24, 2.45) is 0 Å². The van der Waals surface area contributed by atoms with E-state index in [4.69, 9.17) is 9.47 Å². The molecule has 1 heterocycles. The lowest BCUT2D eigenvalue weighted by molar-refractivity contribution is -0.143. The number of aryl methyl sites for hydroxylation is 1. The first-order chi connectivity index (χ1) is 9.61. The first-order valence-corrected chi connectivity index (χ1v) is 7.74. The van der Waals surface area contributed by atoms with Gasteiger partial charge in [0.25, 0.3) is 0 Å². The van der Waals surface area contributed by atoms with E-state index in [0.29, 0.717) is 13.0 Å². The van der Waals surface area contributed by atoms with Gasteiger partial charge in [-0.05, 0) is 37.6 Å². The molecule has 1 N–H and O–H groups in total. The van der Waals surface area contributed by atoms with Crippen molar-refractivity contribution in [3.05, 3.63) is 27.7 Å². The summed E-state index contributed by atoms with van der Waals surface area (Å²) >= 11 is 3.51. The van der Waals surface area contributed by atoms with Gasteiger partial charge < -0.3 is 14.8 Å². The zero-order chi connectivity index (χ0) is 14.5. The average molecular weight is 342 g/mol. The van der Waals surface area contributed by atoms with Crippen LogP contribution >= 0.6 is 15.9 Å². The second-order valence-electron chi connectivity index (χ2n) is 4.95. The summed E-state index contributed by atoms with van der Waals surface area (Å²) in [7, 11) is 0. The lowest BCUT2D eigenvalue weighted by Crippen LogP contribution is -2.24. The Bertz CT molecular complexity index is 490. The van der Waals surface area contributed by atoms with E-state index in [1.54, 1.807) is 0 Å². The van der Waals surface area contributed by atoms with Crippen LogP contribution in [0, 0.1) is 6.92 Å². The van der Waals surface area contributed by atoms with E-state index < -0.39 is 6.10 Å². The number of halogens is 1. The lowest BCUT2D eigenvalue weighted by atomic mass is 10.1. The monoisotopic (exact) mass is 341 g/mol. The van der Waals surface area contributed by atoms with Crippen molar-refractivity contribution in [3.8, 4) is 5.75 Å². The predicted octanol–water partition coefficient (Wildman–Crippen LogP) is 2.95. The van der Waals surface area contributed by atoms with E-state index in [1.165, 1.54) is 0 Å². The Morgan fingerprint density at radius 3 is 2.95 bits per heavy atom. The maximum absolute atomic E-state index is 11.6. The van der Waals surface area contributed by atoms with Crippen LogP contribution in [0.4, 0.5) is 0 Å². The molecule has 5 heteroatoms. The van der Waals surface area contributed by atoms with Crippen molar-refractivity contribution in [2.75, 3.05) is 13.2 Å². The smallest absolute Gasteiger partial charge is 0.347 e. The van der Waals surface area contributed by atoms with Gasteiger partial charge in [0.15, 0.2) is 6.10 Å². The van der Waals surface area contributed by atoms with Crippen LogP contribution in [0.15, 0.2) is 16.6 Å². The van der Waals surface area contributed by atoms with Crippen LogP contribution in [0.5, 0.6) is 5.75 Å². The van der Waals surface area contributed by atoms with Crippen molar-refractivity contribution in [2.45, 2.75) is 39.3 Å². The fourth-order valence-electron chi connectivity index (χ4n) is 2.23. The van der Waals surface area contributed by atoms with E-state index in [0.717, 1.165) is 40.9 Å². The van der Waals surface area contributed by atoms with Crippen LogP contribution < -0.4 is 10.1 Å². The van der Waals surface area contributed by atoms with Gasteiger partial charge in [0, 0.05) is 23.0 Å². The van der Waals surface area contributed by atoms with Gasteiger partial charge >= 0.3 is 5.97 Å². The summed E-state index contributed by atoms with van der Waals surface area (Å²) in [5.41, 5.74) is 2.08. The molecule has 1 saturated heterocycles. The minimum Gasteiger partial charge on any atom is -0.478 e. The van der Waals surface area contributed by atoms with Crippen LogP contribution in [0.1, 0.15) is 30.9 Å². The van der Waals surface area contributed by atoms with Gasteiger partial charge in [0.2, 0.25) is 0 Å². The van der Waals surface area contributed by atoms with Gasteiger partial charge in [0.1, 0.15) is 5.75 Å². The maximum atomic E-state index is 11.6. The van der Waals surface area contributed by atoms with Gasteiger partial charge in [-0.1, -0.05) is 22.9 Å². The summed E-state index contributed by atoms with van der Waals surface area (Å²) in [6, 6.07) is 4.03. The maximum Gasteiger partial charge on any atom is 0.347 e. The quantitative estimate of drug-likeness (QED) is 0.638. The van der Waals surface area contributed by atoms with Crippen LogP contribution in [-0.4, -0.2) is 25.2 Å². The van der Waals surface area contributed by atoms with Gasteiger partial charge in [-0.2, -0.15) is 0 Å². The normalized spacial score (nSPS) is 18.1. The molecule has 0 spiro atoms. The molecule has 1 aromatic rings. The Kier molecular flexibility index (Phi) is 5.43. The molecule has 1 aliphatic rings. The lowest BCUT2D eigenvalue weighted by Gasteiger charge is -2.17. The standard InChI is InChI=1S/C15H20BrNO3/c1-3-5-17-9-11-8-12(16)7-10(2)14(11)20-13-4-6-19-15(13)18/h7-8,13,17H,3-6,9H2,1-2H3. The largest absolute Gasteiger partial charge is 0.478 e. The Balaban J connectivity index is 2.18. The van der Waals surface area contributed by atoms with E-state index in [2.05, 4.69) is 28.2 Å². The second kappa shape index (κ2) is 7.09. The van der Waals surface area contributed by atoms with Crippen LogP contribution in [0.25, 0.3) is 0 Å². The summed E-state index contributed by atoms with van der Waals surface area (Å²) in [5.74, 6) is 0.528. The van der Waals surface area contributed by atoms with E-state index in [9.17, 15) is 4.79 Å². The molecule has 1 aromatic carbocycles. The summed E-state index contributed by atoms with van der Waals surface area (Å²) in [6.07, 6.45) is 1.23. The molecule has 0 saturated carbocycles. The molecule has 4 nitrogen and oxygen atoms in total. The number of nitrogens with one attached hydrogen (secondary N) is 1. The molecular weight excluding hydrogens is 322 g/mol. The van der Waals surface area contributed by atoms with Crippen molar-refractivity contribution < 1.29 is 14.3 Å². The third-order valence-electron chi connectivity index (χ3n) is 3.21. The topological polar surface area (TPSA) is 47.6 Å². The van der Waals surface area contributed by atoms with Gasteiger partial charge in [-0.3, -0.25) is 0 Å². The number of benzene rings is 1. The zero-order valence-electron chi connectivity index (χ0n) is 11.9. The molecule has 1 unspecified atom stereocenters. The molecule has 0 amide bonds. The summed E-state index contributed by atoms with van der Waals surface area (Å²) < 4.78 is 11.9. The van der Waals surface area contributed by atoms with Crippen molar-refractivity contribution in [1.82, 2.24) is 5.32 Å². The second-order valence-corrected chi connectivity index (χ2v) is 5.87. The molecule has 0 radical (unpaired) electrons. The fourth-order valence-corrected chi connectivity index (χ4v) is 2.85. The molecule has 0 aromatic heterocycles. The number of esters is 1. The Morgan fingerprint density at radius 1 is 1.50 bits per heavy atom. The minimum absolute atomic E-state index is 0.264. The molecule has 1 aliphatic heterocycles. The minimum atomic E-state index is -0.472. The van der Waals surface area contributed by atoms with E-state index in [1.807, 2.05) is 19.1 Å². The SMILES string of the molecule is CCCNCc1cc(Br)cc(C)c1OC1CCOC1=O. The molecule has 0 aliphatic carbocycles. The fraction of sp³-hybridized carbons (Fsp3) is 0.533. The summed E-state index contributed by atoms with van der Waals surface area (Å²) in [4.78, 5) is 11.6. The van der Waals surface area contributed by atoms with E-state index >= 15 is 0 Å². The van der Waals surface area contributed by atoms with E-state index in [-0.39, 0.29) is 5.97 Å². The zero-order valence-corrected chi connectivity index (χ0v) is 13.5.